The highest BCUT2D eigenvalue weighted by molar-refractivity contribution is 5.10. The molecule has 3 heterocycles. The molecule has 2 aromatic heterocycles. The predicted octanol–water partition coefficient (Wildman–Crippen LogP) is 2.14. The molecule has 0 amide bonds. The van der Waals surface area contributed by atoms with E-state index in [2.05, 4.69) is 33.0 Å². The van der Waals surface area contributed by atoms with Crippen molar-refractivity contribution in [2.75, 3.05) is 33.3 Å². The van der Waals surface area contributed by atoms with Crippen LogP contribution >= 0.6 is 0 Å². The molecule has 0 aromatic carbocycles. The number of aromatic nitrogens is 1. The second-order valence-corrected chi connectivity index (χ2v) is 5.71. The van der Waals surface area contributed by atoms with Crippen LogP contribution in [0.4, 0.5) is 0 Å². The lowest BCUT2D eigenvalue weighted by Gasteiger charge is -2.34. The highest BCUT2D eigenvalue weighted by Gasteiger charge is 2.18. The van der Waals surface area contributed by atoms with Crippen LogP contribution in [0.15, 0.2) is 41.1 Å². The van der Waals surface area contributed by atoms with E-state index in [0.29, 0.717) is 6.61 Å². The van der Waals surface area contributed by atoms with Crippen LogP contribution in [0.2, 0.25) is 0 Å². The first kappa shape index (κ1) is 15.2. The molecule has 0 N–H and O–H groups in total. The number of rotatable bonds is 6. The van der Waals surface area contributed by atoms with Gasteiger partial charge >= 0.3 is 0 Å². The molecule has 0 unspecified atom stereocenters. The van der Waals surface area contributed by atoms with E-state index in [9.17, 15) is 0 Å². The minimum absolute atomic E-state index is 0.541. The molecule has 22 heavy (non-hydrogen) atoms. The molecular weight excluding hydrogens is 278 g/mol. The number of pyridine rings is 1. The summed E-state index contributed by atoms with van der Waals surface area (Å²) < 4.78 is 10.8. The third-order valence-corrected chi connectivity index (χ3v) is 4.00. The van der Waals surface area contributed by atoms with E-state index < -0.39 is 0 Å². The van der Waals surface area contributed by atoms with Crippen molar-refractivity contribution in [2.24, 2.45) is 0 Å². The van der Waals surface area contributed by atoms with Crippen LogP contribution in [-0.4, -0.2) is 48.1 Å². The van der Waals surface area contributed by atoms with Crippen molar-refractivity contribution in [3.8, 4) is 0 Å². The topological polar surface area (TPSA) is 41.7 Å². The Hall–Kier alpha value is -1.69. The van der Waals surface area contributed by atoms with E-state index in [4.69, 9.17) is 9.15 Å². The van der Waals surface area contributed by atoms with Crippen LogP contribution in [0.1, 0.15) is 17.1 Å². The van der Waals surface area contributed by atoms with E-state index in [-0.39, 0.29) is 0 Å². The highest BCUT2D eigenvalue weighted by atomic mass is 16.5. The number of methoxy groups -OCH3 is 1. The zero-order valence-electron chi connectivity index (χ0n) is 13.1. The fourth-order valence-corrected chi connectivity index (χ4v) is 2.80. The number of hydrogen-bond donors (Lipinski definition) is 0. The van der Waals surface area contributed by atoms with E-state index in [1.807, 2.05) is 18.5 Å². The van der Waals surface area contributed by atoms with Gasteiger partial charge in [-0.1, -0.05) is 0 Å². The third-order valence-electron chi connectivity index (χ3n) is 4.00. The normalized spacial score (nSPS) is 17.0. The zero-order chi connectivity index (χ0) is 15.2. The van der Waals surface area contributed by atoms with Gasteiger partial charge in [-0.2, -0.15) is 0 Å². The Kier molecular flexibility index (Phi) is 5.21. The van der Waals surface area contributed by atoms with Crippen LogP contribution in [0.25, 0.3) is 0 Å². The molecule has 0 saturated carbocycles. The molecule has 118 valence electrons. The molecule has 2 aromatic rings. The maximum Gasteiger partial charge on any atom is 0.129 e. The van der Waals surface area contributed by atoms with Gasteiger partial charge in [0.1, 0.15) is 18.1 Å². The molecule has 5 heteroatoms. The molecule has 1 saturated heterocycles. The molecule has 0 bridgehead atoms. The smallest absolute Gasteiger partial charge is 0.129 e. The van der Waals surface area contributed by atoms with Crippen molar-refractivity contribution in [3.05, 3.63) is 53.7 Å². The Morgan fingerprint density at radius 2 is 1.59 bits per heavy atom. The fraction of sp³-hybridized carbons (Fsp3) is 0.471. The first-order valence-corrected chi connectivity index (χ1v) is 7.73. The Bertz CT molecular complexity index is 562. The van der Waals surface area contributed by atoms with Gasteiger partial charge in [0.05, 0.1) is 6.54 Å². The van der Waals surface area contributed by atoms with Crippen LogP contribution in [-0.2, 0) is 24.4 Å². The largest absolute Gasteiger partial charge is 0.462 e. The third kappa shape index (κ3) is 4.16. The van der Waals surface area contributed by atoms with Gasteiger partial charge in [-0.3, -0.25) is 14.8 Å². The Labute approximate surface area is 131 Å². The minimum Gasteiger partial charge on any atom is -0.462 e. The minimum atomic E-state index is 0.541. The lowest BCUT2D eigenvalue weighted by atomic mass is 10.2. The molecule has 5 nitrogen and oxygen atoms in total. The Morgan fingerprint density at radius 1 is 0.955 bits per heavy atom. The average Bonchev–Trinajstić information content (AvgIpc) is 2.98. The Balaban J connectivity index is 1.45. The number of nitrogens with zero attached hydrogens (tertiary/aromatic N) is 3. The molecule has 0 radical (unpaired) electrons. The standard InChI is InChI=1S/C17H23N3O2/c1-21-14-17-3-2-16(22-17)13-20-10-8-19(9-11-20)12-15-4-6-18-7-5-15/h2-7H,8-14H2,1H3. The monoisotopic (exact) mass is 301 g/mol. The fourth-order valence-electron chi connectivity index (χ4n) is 2.80. The van der Waals surface area contributed by atoms with Crippen LogP contribution in [0.5, 0.6) is 0 Å². The summed E-state index contributed by atoms with van der Waals surface area (Å²) in [5.41, 5.74) is 1.33. The summed E-state index contributed by atoms with van der Waals surface area (Å²) in [6, 6.07) is 8.23. The van der Waals surface area contributed by atoms with Gasteiger partial charge < -0.3 is 9.15 Å². The van der Waals surface area contributed by atoms with Gasteiger partial charge in [0.15, 0.2) is 0 Å². The highest BCUT2D eigenvalue weighted by Crippen LogP contribution is 2.14. The maximum atomic E-state index is 5.76. The van der Waals surface area contributed by atoms with E-state index in [1.165, 1.54) is 5.56 Å². The number of furan rings is 1. The van der Waals surface area contributed by atoms with Crippen molar-refractivity contribution in [3.63, 3.8) is 0 Å². The summed E-state index contributed by atoms with van der Waals surface area (Å²) in [6.07, 6.45) is 3.72. The van der Waals surface area contributed by atoms with Crippen LogP contribution in [0, 0.1) is 0 Å². The van der Waals surface area contributed by atoms with E-state index in [0.717, 1.165) is 50.8 Å². The number of hydrogen-bond acceptors (Lipinski definition) is 5. The molecule has 3 rings (SSSR count). The van der Waals surface area contributed by atoms with Crippen molar-refractivity contribution in [1.82, 2.24) is 14.8 Å². The molecule has 0 spiro atoms. The number of ether oxygens (including phenoxy) is 1. The number of piperazine rings is 1. The molecule has 0 aliphatic carbocycles. The molecule has 1 aliphatic heterocycles. The summed E-state index contributed by atoms with van der Waals surface area (Å²) in [7, 11) is 1.68. The van der Waals surface area contributed by atoms with Gasteiger partial charge in [-0.15, -0.1) is 0 Å². The van der Waals surface area contributed by atoms with E-state index >= 15 is 0 Å². The summed E-state index contributed by atoms with van der Waals surface area (Å²) in [5, 5.41) is 0. The molecule has 0 atom stereocenters. The lowest BCUT2D eigenvalue weighted by Crippen LogP contribution is -2.45. The van der Waals surface area contributed by atoms with Gasteiger partial charge in [-0.05, 0) is 29.8 Å². The molecule has 1 fully saturated rings. The predicted molar refractivity (Wildman–Crippen MR) is 84.2 cm³/mol. The Morgan fingerprint density at radius 3 is 2.27 bits per heavy atom. The van der Waals surface area contributed by atoms with Crippen molar-refractivity contribution in [2.45, 2.75) is 19.7 Å². The van der Waals surface area contributed by atoms with Gasteiger partial charge in [-0.25, -0.2) is 0 Å². The van der Waals surface area contributed by atoms with Crippen molar-refractivity contribution < 1.29 is 9.15 Å². The van der Waals surface area contributed by atoms with Crippen molar-refractivity contribution in [1.29, 1.82) is 0 Å². The zero-order valence-corrected chi connectivity index (χ0v) is 13.1. The summed E-state index contributed by atoms with van der Waals surface area (Å²) in [4.78, 5) is 9.00. The van der Waals surface area contributed by atoms with Crippen LogP contribution in [0.3, 0.4) is 0 Å². The molecular formula is C17H23N3O2. The van der Waals surface area contributed by atoms with Crippen LogP contribution < -0.4 is 0 Å². The second kappa shape index (κ2) is 7.54. The quantitative estimate of drug-likeness (QED) is 0.817. The first-order valence-electron chi connectivity index (χ1n) is 7.73. The first-order chi connectivity index (χ1) is 10.8. The SMILES string of the molecule is COCc1ccc(CN2CCN(Cc3ccncc3)CC2)o1. The maximum absolute atomic E-state index is 5.76. The van der Waals surface area contributed by atoms with Gasteiger partial charge in [0.2, 0.25) is 0 Å². The van der Waals surface area contributed by atoms with Gasteiger partial charge in [0, 0.05) is 52.2 Å². The summed E-state index contributed by atoms with van der Waals surface area (Å²) in [6.45, 7) is 6.76. The van der Waals surface area contributed by atoms with Crippen molar-refractivity contribution >= 4 is 0 Å². The average molecular weight is 301 g/mol. The van der Waals surface area contributed by atoms with Gasteiger partial charge in [0.25, 0.3) is 0 Å². The molecule has 1 aliphatic rings. The lowest BCUT2D eigenvalue weighted by molar-refractivity contribution is 0.113. The second-order valence-electron chi connectivity index (χ2n) is 5.71. The summed E-state index contributed by atoms with van der Waals surface area (Å²) >= 11 is 0. The summed E-state index contributed by atoms with van der Waals surface area (Å²) in [5.74, 6) is 1.92. The van der Waals surface area contributed by atoms with E-state index in [1.54, 1.807) is 7.11 Å².